The van der Waals surface area contributed by atoms with Crippen LogP contribution in [0.25, 0.3) is 0 Å². The van der Waals surface area contributed by atoms with Gasteiger partial charge in [-0.1, -0.05) is 30.3 Å². The molecule has 0 saturated heterocycles. The van der Waals surface area contributed by atoms with Crippen LogP contribution >= 0.6 is 0 Å². The Kier molecular flexibility index (Phi) is 6.24. The van der Waals surface area contributed by atoms with E-state index in [9.17, 15) is 4.79 Å². The third-order valence-corrected chi connectivity index (χ3v) is 4.06. The van der Waals surface area contributed by atoms with Crippen molar-refractivity contribution in [2.75, 3.05) is 24.3 Å². The summed E-state index contributed by atoms with van der Waals surface area (Å²) in [6, 6.07) is 16.3. The van der Waals surface area contributed by atoms with Gasteiger partial charge in [-0.3, -0.25) is 0 Å². The number of carbonyl (C=O) groups excluding carboxylic acids is 1. The van der Waals surface area contributed by atoms with Crippen LogP contribution in [0.15, 0.2) is 48.5 Å². The average molecular weight is 325 g/mol. The van der Waals surface area contributed by atoms with Gasteiger partial charge in [0.25, 0.3) is 0 Å². The molecule has 0 radical (unpaired) electrons. The molecule has 0 spiro atoms. The molecule has 0 aromatic heterocycles. The minimum absolute atomic E-state index is 0.117. The topological polar surface area (TPSA) is 44.4 Å². The first kappa shape index (κ1) is 17.9. The Morgan fingerprint density at radius 2 is 1.83 bits per heavy atom. The molecule has 0 aliphatic heterocycles. The number of hydrogen-bond donors (Lipinski definition) is 2. The van der Waals surface area contributed by atoms with Crippen LogP contribution in [0, 0.1) is 6.92 Å². The van der Waals surface area contributed by atoms with Gasteiger partial charge in [-0.05, 0) is 56.0 Å². The molecule has 24 heavy (non-hydrogen) atoms. The van der Waals surface area contributed by atoms with Crippen LogP contribution in [0.1, 0.15) is 24.5 Å². The molecule has 0 bridgehead atoms. The fraction of sp³-hybridized carbons (Fsp3) is 0.350. The number of urea groups is 1. The zero-order chi connectivity index (χ0) is 17.5. The van der Waals surface area contributed by atoms with E-state index in [0.29, 0.717) is 0 Å². The minimum Gasteiger partial charge on any atom is -0.378 e. The molecule has 1 atom stereocenters. The standard InChI is InChI=1S/C20H27N3O/c1-15-14-18(23(3)4)12-13-19(15)22-20(24)21-16(2)10-11-17-8-6-5-7-9-17/h5-9,12-14,16H,10-11H2,1-4H3,(H2,21,22,24). The van der Waals surface area contributed by atoms with Crippen LogP contribution in [0.3, 0.4) is 0 Å². The zero-order valence-corrected chi connectivity index (χ0v) is 15.0. The van der Waals surface area contributed by atoms with Crippen molar-refractivity contribution in [2.24, 2.45) is 0 Å². The van der Waals surface area contributed by atoms with E-state index in [4.69, 9.17) is 0 Å². The van der Waals surface area contributed by atoms with Gasteiger partial charge in [0, 0.05) is 31.5 Å². The Morgan fingerprint density at radius 1 is 1.12 bits per heavy atom. The molecule has 4 heteroatoms. The fourth-order valence-corrected chi connectivity index (χ4v) is 2.55. The minimum atomic E-state index is -0.156. The number of hydrogen-bond acceptors (Lipinski definition) is 2. The molecule has 2 rings (SSSR count). The lowest BCUT2D eigenvalue weighted by Crippen LogP contribution is -2.36. The second-order valence-corrected chi connectivity index (χ2v) is 6.42. The van der Waals surface area contributed by atoms with Crippen LogP contribution in [-0.2, 0) is 6.42 Å². The lowest BCUT2D eigenvalue weighted by Gasteiger charge is -2.17. The highest BCUT2D eigenvalue weighted by molar-refractivity contribution is 5.90. The molecule has 0 fully saturated rings. The third-order valence-electron chi connectivity index (χ3n) is 4.06. The predicted molar refractivity (Wildman–Crippen MR) is 102 cm³/mol. The number of benzene rings is 2. The number of amides is 2. The van der Waals surface area contributed by atoms with Gasteiger partial charge in [-0.15, -0.1) is 0 Å². The number of carbonyl (C=O) groups is 1. The van der Waals surface area contributed by atoms with Gasteiger partial charge < -0.3 is 15.5 Å². The quantitative estimate of drug-likeness (QED) is 0.836. The third kappa shape index (κ3) is 5.30. The first-order valence-electron chi connectivity index (χ1n) is 8.35. The Balaban J connectivity index is 1.84. The molecule has 4 nitrogen and oxygen atoms in total. The normalized spacial score (nSPS) is 11.7. The highest BCUT2D eigenvalue weighted by Crippen LogP contribution is 2.21. The van der Waals surface area contributed by atoms with Gasteiger partial charge in [0.1, 0.15) is 0 Å². The summed E-state index contributed by atoms with van der Waals surface area (Å²) in [5.41, 5.74) is 4.30. The summed E-state index contributed by atoms with van der Waals surface area (Å²) >= 11 is 0. The summed E-state index contributed by atoms with van der Waals surface area (Å²) in [5.74, 6) is 0. The van der Waals surface area contributed by atoms with E-state index in [2.05, 4.69) is 28.8 Å². The molecule has 2 aromatic rings. The van der Waals surface area contributed by atoms with Crippen molar-refractivity contribution in [3.63, 3.8) is 0 Å². The molecule has 2 amide bonds. The second kappa shape index (κ2) is 8.39. The molecular formula is C20H27N3O. The van der Waals surface area contributed by atoms with E-state index in [1.54, 1.807) is 0 Å². The van der Waals surface area contributed by atoms with Crippen molar-refractivity contribution in [3.8, 4) is 0 Å². The van der Waals surface area contributed by atoms with Crippen molar-refractivity contribution >= 4 is 17.4 Å². The first-order chi connectivity index (χ1) is 11.5. The van der Waals surface area contributed by atoms with Crippen molar-refractivity contribution in [2.45, 2.75) is 32.7 Å². The van der Waals surface area contributed by atoms with Crippen LogP contribution in [0.2, 0.25) is 0 Å². The number of aryl methyl sites for hydroxylation is 2. The Morgan fingerprint density at radius 3 is 2.46 bits per heavy atom. The number of anilines is 2. The molecule has 128 valence electrons. The summed E-state index contributed by atoms with van der Waals surface area (Å²) in [4.78, 5) is 14.2. The van der Waals surface area contributed by atoms with Crippen LogP contribution in [0.5, 0.6) is 0 Å². The maximum atomic E-state index is 12.2. The molecule has 2 N–H and O–H groups in total. The SMILES string of the molecule is Cc1cc(N(C)C)ccc1NC(=O)NC(C)CCc1ccccc1. The Bertz CT molecular complexity index is 668. The number of rotatable bonds is 6. The predicted octanol–water partition coefficient (Wildman–Crippen LogP) is 4.20. The van der Waals surface area contributed by atoms with Crippen LogP contribution in [0.4, 0.5) is 16.2 Å². The van der Waals surface area contributed by atoms with Gasteiger partial charge in [0.05, 0.1) is 0 Å². The largest absolute Gasteiger partial charge is 0.378 e. The summed E-state index contributed by atoms with van der Waals surface area (Å²) in [7, 11) is 4.01. The van der Waals surface area contributed by atoms with Gasteiger partial charge in [0.2, 0.25) is 0 Å². The number of nitrogens with one attached hydrogen (secondary N) is 2. The monoisotopic (exact) mass is 325 g/mol. The highest BCUT2D eigenvalue weighted by atomic mass is 16.2. The van der Waals surface area contributed by atoms with Crippen LogP contribution < -0.4 is 15.5 Å². The lowest BCUT2D eigenvalue weighted by molar-refractivity contribution is 0.248. The summed E-state index contributed by atoms with van der Waals surface area (Å²) < 4.78 is 0. The van der Waals surface area contributed by atoms with E-state index in [0.717, 1.165) is 29.8 Å². The van der Waals surface area contributed by atoms with Gasteiger partial charge >= 0.3 is 6.03 Å². The lowest BCUT2D eigenvalue weighted by atomic mass is 10.1. The van der Waals surface area contributed by atoms with Gasteiger partial charge in [0.15, 0.2) is 0 Å². The molecule has 2 aromatic carbocycles. The van der Waals surface area contributed by atoms with Crippen molar-refractivity contribution in [1.29, 1.82) is 0 Å². The summed E-state index contributed by atoms with van der Waals surface area (Å²) in [6.07, 6.45) is 1.87. The smallest absolute Gasteiger partial charge is 0.319 e. The van der Waals surface area contributed by atoms with E-state index in [1.807, 2.05) is 63.2 Å². The number of nitrogens with zero attached hydrogens (tertiary/aromatic N) is 1. The zero-order valence-electron chi connectivity index (χ0n) is 15.0. The molecule has 0 aliphatic rings. The summed E-state index contributed by atoms with van der Waals surface area (Å²) in [5, 5.41) is 5.94. The molecular weight excluding hydrogens is 298 g/mol. The Labute approximate surface area is 144 Å². The van der Waals surface area contributed by atoms with Crippen LogP contribution in [-0.4, -0.2) is 26.2 Å². The first-order valence-corrected chi connectivity index (χ1v) is 8.35. The highest BCUT2D eigenvalue weighted by Gasteiger charge is 2.09. The second-order valence-electron chi connectivity index (χ2n) is 6.42. The summed E-state index contributed by atoms with van der Waals surface area (Å²) in [6.45, 7) is 4.03. The van der Waals surface area contributed by atoms with E-state index >= 15 is 0 Å². The maximum Gasteiger partial charge on any atom is 0.319 e. The molecule has 0 heterocycles. The van der Waals surface area contributed by atoms with Crippen molar-refractivity contribution in [3.05, 3.63) is 59.7 Å². The average Bonchev–Trinajstić information content (AvgIpc) is 2.55. The Hall–Kier alpha value is -2.49. The maximum absolute atomic E-state index is 12.2. The van der Waals surface area contributed by atoms with Gasteiger partial charge in [-0.25, -0.2) is 4.79 Å². The molecule has 0 aliphatic carbocycles. The fourth-order valence-electron chi connectivity index (χ4n) is 2.55. The van der Waals surface area contributed by atoms with E-state index < -0.39 is 0 Å². The van der Waals surface area contributed by atoms with Crippen molar-refractivity contribution < 1.29 is 4.79 Å². The molecule has 1 unspecified atom stereocenters. The molecule has 0 saturated carbocycles. The van der Waals surface area contributed by atoms with E-state index in [-0.39, 0.29) is 12.1 Å². The van der Waals surface area contributed by atoms with Crippen molar-refractivity contribution in [1.82, 2.24) is 5.32 Å². The van der Waals surface area contributed by atoms with E-state index in [1.165, 1.54) is 5.56 Å². The van der Waals surface area contributed by atoms with Gasteiger partial charge in [-0.2, -0.15) is 0 Å².